The van der Waals surface area contributed by atoms with Gasteiger partial charge in [-0.3, -0.25) is 4.68 Å². The highest BCUT2D eigenvalue weighted by molar-refractivity contribution is 5.67. The van der Waals surface area contributed by atoms with Gasteiger partial charge in [0.15, 0.2) is 0 Å². The van der Waals surface area contributed by atoms with Gasteiger partial charge < -0.3 is 15.1 Å². The zero-order valence-electron chi connectivity index (χ0n) is 19.1. The molecule has 0 amide bonds. The summed E-state index contributed by atoms with van der Waals surface area (Å²) in [7, 11) is 4.24. The van der Waals surface area contributed by atoms with Crippen LogP contribution in [0, 0.1) is 17.8 Å². The van der Waals surface area contributed by atoms with Crippen molar-refractivity contribution in [1.29, 1.82) is 0 Å². The lowest BCUT2D eigenvalue weighted by atomic mass is 9.96. The SMILES string of the molecule is CN(C)CC1CCCN(c2cc(Nc3ccncn3)ncc2C#Cc2cnn(CCF)c2)C1. The van der Waals surface area contributed by atoms with E-state index >= 15 is 0 Å². The van der Waals surface area contributed by atoms with Crippen molar-refractivity contribution in [2.45, 2.75) is 19.4 Å². The van der Waals surface area contributed by atoms with Crippen molar-refractivity contribution in [3.05, 3.63) is 54.4 Å². The molecule has 0 spiro atoms. The fourth-order valence-corrected chi connectivity index (χ4v) is 4.09. The van der Waals surface area contributed by atoms with E-state index in [-0.39, 0.29) is 6.54 Å². The molecule has 3 aromatic heterocycles. The second kappa shape index (κ2) is 10.9. The lowest BCUT2D eigenvalue weighted by molar-refractivity contribution is 0.292. The number of hydrogen-bond donors (Lipinski definition) is 1. The standard InChI is InChI=1S/C24H29FN8/c1-31(2)15-20-4-3-10-32(16-20)22-12-24(30-23-7-9-26-18-28-23)27-14-21(22)6-5-19-13-29-33(17-19)11-8-25/h7,9,12-14,17-18,20H,3-4,8,10-11,15-16H2,1-2H3,(H,26,27,28,30). The average molecular weight is 449 g/mol. The average Bonchev–Trinajstić information content (AvgIpc) is 3.26. The first kappa shape index (κ1) is 22.7. The summed E-state index contributed by atoms with van der Waals surface area (Å²) >= 11 is 0. The van der Waals surface area contributed by atoms with Crippen molar-refractivity contribution >= 4 is 17.3 Å². The topological polar surface area (TPSA) is 75.0 Å². The molecular weight excluding hydrogens is 419 g/mol. The maximum absolute atomic E-state index is 12.6. The van der Waals surface area contributed by atoms with E-state index in [0.717, 1.165) is 42.9 Å². The molecule has 8 nitrogen and oxygen atoms in total. The summed E-state index contributed by atoms with van der Waals surface area (Å²) in [5.74, 6) is 8.42. The first-order valence-electron chi connectivity index (χ1n) is 11.1. The van der Waals surface area contributed by atoms with E-state index < -0.39 is 6.67 Å². The Bertz CT molecular complexity index is 1100. The lowest BCUT2D eigenvalue weighted by Crippen LogP contribution is -2.39. The summed E-state index contributed by atoms with van der Waals surface area (Å²) in [5.41, 5.74) is 2.65. The number of nitrogens with one attached hydrogen (secondary N) is 1. The van der Waals surface area contributed by atoms with Gasteiger partial charge in [-0.25, -0.2) is 19.3 Å². The zero-order chi connectivity index (χ0) is 23.0. The van der Waals surface area contributed by atoms with E-state index in [9.17, 15) is 4.39 Å². The van der Waals surface area contributed by atoms with Gasteiger partial charge in [0.2, 0.25) is 0 Å². The molecule has 1 unspecified atom stereocenters. The van der Waals surface area contributed by atoms with Crippen LogP contribution in [0.1, 0.15) is 24.0 Å². The van der Waals surface area contributed by atoms with Crippen LogP contribution in [0.2, 0.25) is 0 Å². The van der Waals surface area contributed by atoms with Crippen molar-refractivity contribution in [2.75, 3.05) is 50.6 Å². The van der Waals surface area contributed by atoms with E-state index in [1.165, 1.54) is 12.7 Å². The van der Waals surface area contributed by atoms with Crippen LogP contribution in [0.5, 0.6) is 0 Å². The Morgan fingerprint density at radius 3 is 2.91 bits per heavy atom. The molecule has 4 heterocycles. The molecule has 1 saturated heterocycles. The van der Waals surface area contributed by atoms with E-state index in [2.05, 4.69) is 61.1 Å². The quantitative estimate of drug-likeness (QED) is 0.557. The molecule has 4 rings (SSSR count). The summed E-state index contributed by atoms with van der Waals surface area (Å²) in [5, 5.41) is 7.40. The molecule has 3 aromatic rings. The van der Waals surface area contributed by atoms with E-state index in [0.29, 0.717) is 17.6 Å². The van der Waals surface area contributed by atoms with E-state index in [1.54, 1.807) is 35.5 Å². The fraction of sp³-hybridized carbons (Fsp3) is 0.417. The number of alkyl halides is 1. The van der Waals surface area contributed by atoms with Crippen LogP contribution in [0.25, 0.3) is 0 Å². The van der Waals surface area contributed by atoms with Gasteiger partial charge >= 0.3 is 0 Å². The number of hydrogen-bond acceptors (Lipinski definition) is 7. The summed E-state index contributed by atoms with van der Waals surface area (Å²) in [6, 6.07) is 3.84. The first-order valence-corrected chi connectivity index (χ1v) is 11.1. The number of piperidine rings is 1. The zero-order valence-corrected chi connectivity index (χ0v) is 19.1. The highest BCUT2D eigenvalue weighted by atomic mass is 19.1. The highest BCUT2D eigenvalue weighted by Gasteiger charge is 2.22. The molecule has 0 bridgehead atoms. The molecule has 0 aromatic carbocycles. The Kier molecular flexibility index (Phi) is 7.47. The minimum Gasteiger partial charge on any atom is -0.370 e. The molecule has 1 fully saturated rings. The maximum Gasteiger partial charge on any atom is 0.134 e. The molecule has 1 aliphatic rings. The number of rotatable bonds is 7. The molecule has 9 heteroatoms. The summed E-state index contributed by atoms with van der Waals surface area (Å²) in [4.78, 5) is 17.4. The monoisotopic (exact) mass is 448 g/mol. The third-order valence-electron chi connectivity index (χ3n) is 5.49. The number of halogens is 1. The Morgan fingerprint density at radius 2 is 2.12 bits per heavy atom. The van der Waals surface area contributed by atoms with Crippen molar-refractivity contribution < 1.29 is 4.39 Å². The van der Waals surface area contributed by atoms with Crippen LogP contribution >= 0.6 is 0 Å². The van der Waals surface area contributed by atoms with Crippen LogP contribution in [0.4, 0.5) is 21.7 Å². The van der Waals surface area contributed by atoms with Gasteiger partial charge in [-0.05, 0) is 38.9 Å². The van der Waals surface area contributed by atoms with Gasteiger partial charge in [-0.2, -0.15) is 5.10 Å². The Balaban J connectivity index is 1.62. The third-order valence-corrected chi connectivity index (χ3v) is 5.49. The number of aryl methyl sites for hydroxylation is 1. The van der Waals surface area contributed by atoms with Crippen LogP contribution in [-0.2, 0) is 6.54 Å². The number of pyridine rings is 1. The van der Waals surface area contributed by atoms with Gasteiger partial charge in [-0.15, -0.1) is 0 Å². The predicted octanol–water partition coefficient (Wildman–Crippen LogP) is 2.96. The first-order chi connectivity index (χ1) is 16.1. The van der Waals surface area contributed by atoms with Gasteiger partial charge in [0.25, 0.3) is 0 Å². The number of nitrogens with zero attached hydrogens (tertiary/aromatic N) is 7. The number of anilines is 3. The van der Waals surface area contributed by atoms with E-state index in [1.807, 2.05) is 6.07 Å². The summed E-state index contributed by atoms with van der Waals surface area (Å²) in [6.45, 7) is 2.79. The minimum atomic E-state index is -0.452. The van der Waals surface area contributed by atoms with Crippen LogP contribution in [-0.4, -0.2) is 70.0 Å². The van der Waals surface area contributed by atoms with Gasteiger partial charge in [0.1, 0.15) is 24.6 Å². The molecule has 33 heavy (non-hydrogen) atoms. The van der Waals surface area contributed by atoms with Gasteiger partial charge in [0.05, 0.1) is 29.6 Å². The number of aromatic nitrogens is 5. The normalized spacial score (nSPS) is 15.9. The van der Waals surface area contributed by atoms with Gasteiger partial charge in [-0.1, -0.05) is 11.8 Å². The second-order valence-corrected chi connectivity index (χ2v) is 8.45. The molecular formula is C24H29FN8. The predicted molar refractivity (Wildman–Crippen MR) is 127 cm³/mol. The van der Waals surface area contributed by atoms with Crippen molar-refractivity contribution in [3.63, 3.8) is 0 Å². The van der Waals surface area contributed by atoms with Crippen molar-refractivity contribution in [3.8, 4) is 11.8 Å². The molecule has 0 radical (unpaired) electrons. The smallest absolute Gasteiger partial charge is 0.134 e. The molecule has 1 aliphatic heterocycles. The van der Waals surface area contributed by atoms with Gasteiger partial charge in [0, 0.05) is 44.3 Å². The highest BCUT2D eigenvalue weighted by Crippen LogP contribution is 2.29. The summed E-state index contributed by atoms with van der Waals surface area (Å²) in [6.07, 6.45) is 10.8. The fourth-order valence-electron chi connectivity index (χ4n) is 4.09. The molecule has 0 saturated carbocycles. The maximum atomic E-state index is 12.6. The molecule has 1 N–H and O–H groups in total. The largest absolute Gasteiger partial charge is 0.370 e. The van der Waals surface area contributed by atoms with Crippen LogP contribution < -0.4 is 10.2 Å². The Labute approximate surface area is 193 Å². The lowest BCUT2D eigenvalue weighted by Gasteiger charge is -2.36. The molecule has 1 atom stereocenters. The van der Waals surface area contributed by atoms with Crippen molar-refractivity contribution in [1.82, 2.24) is 29.6 Å². The summed E-state index contributed by atoms with van der Waals surface area (Å²) < 4.78 is 14.1. The Hall–Kier alpha value is -3.51. The van der Waals surface area contributed by atoms with Crippen LogP contribution in [0.15, 0.2) is 43.2 Å². The third kappa shape index (κ3) is 6.26. The second-order valence-electron chi connectivity index (χ2n) is 8.45. The van der Waals surface area contributed by atoms with Crippen LogP contribution in [0.3, 0.4) is 0 Å². The molecule has 172 valence electrons. The van der Waals surface area contributed by atoms with Crippen molar-refractivity contribution in [2.24, 2.45) is 5.92 Å². The molecule has 0 aliphatic carbocycles. The minimum absolute atomic E-state index is 0.235. The van der Waals surface area contributed by atoms with E-state index in [4.69, 9.17) is 0 Å². The Morgan fingerprint density at radius 1 is 1.21 bits per heavy atom.